The minimum absolute atomic E-state index is 0. The van der Waals surface area contributed by atoms with Crippen molar-refractivity contribution in [2.45, 2.75) is 26.1 Å². The molecule has 1 atom stereocenters. The highest BCUT2D eigenvalue weighted by Crippen LogP contribution is 2.41. The Morgan fingerprint density at radius 2 is 1.84 bits per heavy atom. The molecule has 7 heteroatoms. The first-order valence-electron chi connectivity index (χ1n) is 5.33. The molecular weight excluding hydrogens is 302 g/mol. The van der Waals surface area contributed by atoms with Gasteiger partial charge in [0.15, 0.2) is 0 Å². The van der Waals surface area contributed by atoms with Crippen LogP contribution in [0.25, 0.3) is 0 Å². The highest BCUT2D eigenvalue weighted by Gasteiger charge is 2.36. The lowest BCUT2D eigenvalue weighted by Crippen LogP contribution is -2.32. The van der Waals surface area contributed by atoms with Crippen molar-refractivity contribution in [2.75, 3.05) is 6.61 Å². The summed E-state index contributed by atoms with van der Waals surface area (Å²) in [6.45, 7) is 3.07. The summed E-state index contributed by atoms with van der Waals surface area (Å²) in [6, 6.07) is 2.83. The molecule has 1 aromatic carbocycles. The second-order valence-electron chi connectivity index (χ2n) is 4.83. The number of alkyl halides is 3. The lowest BCUT2D eigenvalue weighted by atomic mass is 9.81. The molecule has 2 nitrogen and oxygen atoms in total. The van der Waals surface area contributed by atoms with Gasteiger partial charge in [-0.25, -0.2) is 0 Å². The summed E-state index contributed by atoms with van der Waals surface area (Å²) in [5, 5.41) is 8.80. The van der Waals surface area contributed by atoms with E-state index >= 15 is 0 Å². The average Bonchev–Trinajstić information content (AvgIpc) is 2.27. The molecule has 3 N–H and O–H groups in total. The Labute approximate surface area is 121 Å². The van der Waals surface area contributed by atoms with Gasteiger partial charge >= 0.3 is 6.18 Å². The van der Waals surface area contributed by atoms with Crippen LogP contribution in [0.4, 0.5) is 13.2 Å². The molecule has 0 aliphatic heterocycles. The molecule has 0 radical (unpaired) electrons. The molecule has 110 valence electrons. The number of hydrogen-bond acceptors (Lipinski definition) is 2. The van der Waals surface area contributed by atoms with E-state index in [2.05, 4.69) is 0 Å². The van der Waals surface area contributed by atoms with Crippen molar-refractivity contribution < 1.29 is 18.3 Å². The van der Waals surface area contributed by atoms with E-state index in [9.17, 15) is 18.3 Å². The van der Waals surface area contributed by atoms with Gasteiger partial charge in [0, 0.05) is 18.1 Å². The van der Waals surface area contributed by atoms with Crippen LogP contribution in [-0.4, -0.2) is 11.7 Å². The van der Waals surface area contributed by atoms with Gasteiger partial charge in [-0.2, -0.15) is 13.2 Å². The minimum Gasteiger partial charge on any atom is -0.396 e. The molecule has 0 fully saturated rings. The van der Waals surface area contributed by atoms with Gasteiger partial charge in [-0.1, -0.05) is 37.6 Å². The van der Waals surface area contributed by atoms with Gasteiger partial charge in [-0.15, -0.1) is 12.4 Å². The SMILES string of the molecule is CC(C)(CO)[C@@H](N)c1cccc(C(F)(F)F)c1Cl.Cl. The zero-order valence-electron chi connectivity index (χ0n) is 10.5. The molecule has 0 unspecified atom stereocenters. The van der Waals surface area contributed by atoms with Crippen molar-refractivity contribution in [2.24, 2.45) is 11.1 Å². The van der Waals surface area contributed by atoms with Crippen LogP contribution in [0.15, 0.2) is 18.2 Å². The summed E-state index contributed by atoms with van der Waals surface area (Å²) in [5.41, 5.74) is 4.40. The van der Waals surface area contributed by atoms with E-state index in [1.54, 1.807) is 13.8 Å². The van der Waals surface area contributed by atoms with Crippen LogP contribution < -0.4 is 5.73 Å². The number of halogens is 5. The fraction of sp³-hybridized carbons (Fsp3) is 0.500. The van der Waals surface area contributed by atoms with Crippen molar-refractivity contribution in [1.82, 2.24) is 0 Å². The van der Waals surface area contributed by atoms with Gasteiger partial charge in [0.2, 0.25) is 0 Å². The highest BCUT2D eigenvalue weighted by atomic mass is 35.5. The molecule has 19 heavy (non-hydrogen) atoms. The van der Waals surface area contributed by atoms with Crippen LogP contribution in [0.3, 0.4) is 0 Å². The first-order valence-corrected chi connectivity index (χ1v) is 5.71. The highest BCUT2D eigenvalue weighted by molar-refractivity contribution is 6.32. The largest absolute Gasteiger partial charge is 0.417 e. The van der Waals surface area contributed by atoms with Crippen LogP contribution in [0, 0.1) is 5.41 Å². The van der Waals surface area contributed by atoms with Crippen molar-refractivity contribution in [1.29, 1.82) is 0 Å². The van der Waals surface area contributed by atoms with Crippen molar-refractivity contribution in [3.05, 3.63) is 34.3 Å². The van der Waals surface area contributed by atoms with Gasteiger partial charge in [-0.05, 0) is 11.6 Å². The van der Waals surface area contributed by atoms with E-state index in [0.29, 0.717) is 0 Å². The minimum atomic E-state index is -4.52. The number of benzene rings is 1. The third kappa shape index (κ3) is 3.99. The predicted octanol–water partition coefficient (Wildman–Crippen LogP) is 3.80. The number of aliphatic hydroxyl groups is 1. The lowest BCUT2D eigenvalue weighted by Gasteiger charge is -2.30. The van der Waals surface area contributed by atoms with Gasteiger partial charge in [0.25, 0.3) is 0 Å². The van der Waals surface area contributed by atoms with E-state index in [1.807, 2.05) is 0 Å². The predicted molar refractivity (Wildman–Crippen MR) is 71.5 cm³/mol. The fourth-order valence-electron chi connectivity index (χ4n) is 1.53. The third-order valence-electron chi connectivity index (χ3n) is 2.92. The molecule has 0 heterocycles. The fourth-order valence-corrected chi connectivity index (χ4v) is 1.88. The average molecular weight is 318 g/mol. The molecule has 1 rings (SSSR count). The zero-order valence-corrected chi connectivity index (χ0v) is 12.0. The van der Waals surface area contributed by atoms with Crippen molar-refractivity contribution in [3.63, 3.8) is 0 Å². The number of aliphatic hydroxyl groups excluding tert-OH is 1. The summed E-state index contributed by atoms with van der Waals surface area (Å²) in [7, 11) is 0. The zero-order chi connectivity index (χ0) is 14.1. The Kier molecular flexibility index (Phi) is 6.14. The van der Waals surface area contributed by atoms with Gasteiger partial charge in [0.05, 0.1) is 10.6 Å². The Balaban J connectivity index is 0.00000324. The smallest absolute Gasteiger partial charge is 0.396 e. The van der Waals surface area contributed by atoms with Crippen molar-refractivity contribution >= 4 is 24.0 Å². The van der Waals surface area contributed by atoms with Crippen LogP contribution >= 0.6 is 24.0 Å². The Morgan fingerprint density at radius 1 is 1.32 bits per heavy atom. The normalized spacial score (nSPS) is 13.9. The molecule has 0 amide bonds. The Bertz CT molecular complexity index is 435. The first kappa shape index (κ1) is 18.5. The summed E-state index contributed by atoms with van der Waals surface area (Å²) in [5.74, 6) is 0. The Hall–Kier alpha value is -0.490. The lowest BCUT2D eigenvalue weighted by molar-refractivity contribution is -0.137. The molecule has 0 saturated heterocycles. The molecule has 0 aliphatic carbocycles. The molecule has 0 aliphatic rings. The Morgan fingerprint density at radius 3 is 2.26 bits per heavy atom. The second-order valence-corrected chi connectivity index (χ2v) is 5.21. The maximum Gasteiger partial charge on any atom is 0.417 e. The van der Waals surface area contributed by atoms with E-state index < -0.39 is 28.2 Å². The molecule has 0 aromatic heterocycles. The van der Waals surface area contributed by atoms with Crippen LogP contribution in [0.2, 0.25) is 5.02 Å². The van der Waals surface area contributed by atoms with Gasteiger partial charge in [-0.3, -0.25) is 0 Å². The molecule has 1 aromatic rings. The van der Waals surface area contributed by atoms with E-state index in [-0.39, 0.29) is 24.6 Å². The van der Waals surface area contributed by atoms with Crippen LogP contribution in [0.1, 0.15) is 31.0 Å². The monoisotopic (exact) mass is 317 g/mol. The van der Waals surface area contributed by atoms with Gasteiger partial charge < -0.3 is 10.8 Å². The standard InChI is InChI=1S/C12H15ClF3NO.ClH/c1-11(2,6-18)10(17)7-4-3-5-8(9(7)13)12(14,15)16;/h3-5,10,18H,6,17H2,1-2H3;1H/t10-;/m0./s1. The quantitative estimate of drug-likeness (QED) is 0.890. The van der Waals surface area contributed by atoms with Crippen molar-refractivity contribution in [3.8, 4) is 0 Å². The number of hydrogen-bond donors (Lipinski definition) is 2. The summed E-state index contributed by atoms with van der Waals surface area (Å²) in [4.78, 5) is 0. The third-order valence-corrected chi connectivity index (χ3v) is 3.34. The van der Waals surface area contributed by atoms with E-state index in [0.717, 1.165) is 6.07 Å². The van der Waals surface area contributed by atoms with E-state index in [1.165, 1.54) is 12.1 Å². The summed E-state index contributed by atoms with van der Waals surface area (Å²) >= 11 is 5.77. The number of rotatable bonds is 3. The maximum atomic E-state index is 12.7. The molecule has 0 spiro atoms. The second kappa shape index (κ2) is 6.31. The first-order chi connectivity index (χ1) is 8.11. The topological polar surface area (TPSA) is 46.2 Å². The molecule has 0 bridgehead atoms. The van der Waals surface area contributed by atoms with Gasteiger partial charge in [0.1, 0.15) is 0 Å². The van der Waals surface area contributed by atoms with E-state index in [4.69, 9.17) is 17.3 Å². The summed E-state index contributed by atoms with van der Waals surface area (Å²) < 4.78 is 38.1. The van der Waals surface area contributed by atoms with Crippen LogP contribution in [0.5, 0.6) is 0 Å². The molecule has 0 saturated carbocycles. The molecular formula is C12H16Cl2F3NO. The maximum absolute atomic E-state index is 12.7. The van der Waals surface area contributed by atoms with Crippen LogP contribution in [-0.2, 0) is 6.18 Å². The number of nitrogens with two attached hydrogens (primary N) is 1. The summed E-state index contributed by atoms with van der Waals surface area (Å²) in [6.07, 6.45) is -4.52.